The summed E-state index contributed by atoms with van der Waals surface area (Å²) in [5.41, 5.74) is 1.33. The number of methoxy groups -OCH3 is 1. The van der Waals surface area contributed by atoms with Crippen molar-refractivity contribution in [3.05, 3.63) is 18.2 Å². The minimum Gasteiger partial charge on any atom is -0.383 e. The molecule has 1 rings (SSSR count). The van der Waals surface area contributed by atoms with Crippen LogP contribution in [0.2, 0.25) is 0 Å². The SMILES string of the molecule is CCCc1cncn1CCNCCOC. The Morgan fingerprint density at radius 2 is 2.33 bits per heavy atom. The summed E-state index contributed by atoms with van der Waals surface area (Å²) in [6.45, 7) is 5.82. The molecule has 0 aliphatic carbocycles. The molecule has 0 amide bonds. The van der Waals surface area contributed by atoms with Gasteiger partial charge < -0.3 is 14.6 Å². The van der Waals surface area contributed by atoms with Crippen LogP contribution in [0.25, 0.3) is 0 Å². The minimum absolute atomic E-state index is 0.770. The first-order valence-electron chi connectivity index (χ1n) is 5.57. The quantitative estimate of drug-likeness (QED) is 0.654. The summed E-state index contributed by atoms with van der Waals surface area (Å²) in [6.07, 6.45) is 6.14. The second kappa shape index (κ2) is 7.43. The lowest BCUT2D eigenvalue weighted by Crippen LogP contribution is -2.24. The molecule has 0 aliphatic rings. The molecule has 0 unspecified atom stereocenters. The number of aryl methyl sites for hydroxylation is 1. The Morgan fingerprint density at radius 3 is 3.07 bits per heavy atom. The average molecular weight is 211 g/mol. The lowest BCUT2D eigenvalue weighted by atomic mass is 10.3. The molecule has 0 atom stereocenters. The average Bonchev–Trinajstić information content (AvgIpc) is 2.66. The van der Waals surface area contributed by atoms with E-state index in [2.05, 4.69) is 21.8 Å². The van der Waals surface area contributed by atoms with Crippen molar-refractivity contribution in [1.82, 2.24) is 14.9 Å². The van der Waals surface area contributed by atoms with Gasteiger partial charge in [-0.25, -0.2) is 4.98 Å². The van der Waals surface area contributed by atoms with Gasteiger partial charge in [0.2, 0.25) is 0 Å². The minimum atomic E-state index is 0.770. The van der Waals surface area contributed by atoms with Gasteiger partial charge in [-0.2, -0.15) is 0 Å². The van der Waals surface area contributed by atoms with E-state index in [0.717, 1.165) is 32.7 Å². The standard InChI is InChI=1S/C11H21N3O/c1-3-4-11-9-13-10-14(11)7-5-12-6-8-15-2/h9-10,12H,3-8H2,1-2H3. The fourth-order valence-corrected chi connectivity index (χ4v) is 1.51. The van der Waals surface area contributed by atoms with Crippen LogP contribution >= 0.6 is 0 Å². The summed E-state index contributed by atoms with van der Waals surface area (Å²) in [5.74, 6) is 0. The van der Waals surface area contributed by atoms with Crippen molar-refractivity contribution in [2.45, 2.75) is 26.3 Å². The largest absolute Gasteiger partial charge is 0.383 e. The highest BCUT2D eigenvalue weighted by Crippen LogP contribution is 2.01. The van der Waals surface area contributed by atoms with Crippen molar-refractivity contribution in [3.63, 3.8) is 0 Å². The first-order chi connectivity index (χ1) is 7.38. The zero-order valence-electron chi connectivity index (χ0n) is 9.70. The summed E-state index contributed by atoms with van der Waals surface area (Å²) in [4.78, 5) is 4.17. The monoisotopic (exact) mass is 211 g/mol. The molecule has 1 aromatic rings. The van der Waals surface area contributed by atoms with Crippen LogP contribution in [-0.2, 0) is 17.7 Å². The second-order valence-electron chi connectivity index (χ2n) is 3.57. The van der Waals surface area contributed by atoms with Crippen LogP contribution in [0.15, 0.2) is 12.5 Å². The number of hydrogen-bond donors (Lipinski definition) is 1. The van der Waals surface area contributed by atoms with E-state index in [9.17, 15) is 0 Å². The lowest BCUT2D eigenvalue weighted by Gasteiger charge is -2.08. The Balaban J connectivity index is 2.21. The molecule has 0 fully saturated rings. The highest BCUT2D eigenvalue weighted by Gasteiger charge is 1.99. The highest BCUT2D eigenvalue weighted by atomic mass is 16.5. The molecule has 0 saturated heterocycles. The Bertz CT molecular complexity index is 260. The van der Waals surface area contributed by atoms with Crippen LogP contribution in [0.3, 0.4) is 0 Å². The first kappa shape index (κ1) is 12.2. The molecule has 1 aromatic heterocycles. The number of nitrogens with zero attached hydrogens (tertiary/aromatic N) is 2. The molecule has 4 heteroatoms. The van der Waals surface area contributed by atoms with Gasteiger partial charge >= 0.3 is 0 Å². The van der Waals surface area contributed by atoms with E-state index in [1.165, 1.54) is 12.1 Å². The van der Waals surface area contributed by atoms with Crippen molar-refractivity contribution >= 4 is 0 Å². The smallest absolute Gasteiger partial charge is 0.0948 e. The number of imidazole rings is 1. The van der Waals surface area contributed by atoms with E-state index in [0.29, 0.717) is 0 Å². The molecule has 1 heterocycles. The summed E-state index contributed by atoms with van der Waals surface area (Å²) in [6, 6.07) is 0. The van der Waals surface area contributed by atoms with E-state index in [1.54, 1.807) is 7.11 Å². The molecule has 0 radical (unpaired) electrons. The number of aromatic nitrogens is 2. The van der Waals surface area contributed by atoms with Gasteiger partial charge in [-0.1, -0.05) is 13.3 Å². The molecule has 4 nitrogen and oxygen atoms in total. The molecular weight excluding hydrogens is 190 g/mol. The normalized spacial score (nSPS) is 10.8. The zero-order chi connectivity index (χ0) is 10.9. The van der Waals surface area contributed by atoms with Crippen LogP contribution < -0.4 is 5.32 Å². The van der Waals surface area contributed by atoms with E-state index >= 15 is 0 Å². The van der Waals surface area contributed by atoms with Crippen LogP contribution in [0.1, 0.15) is 19.0 Å². The molecule has 0 bridgehead atoms. The predicted octanol–water partition coefficient (Wildman–Crippen LogP) is 1.07. The van der Waals surface area contributed by atoms with E-state index < -0.39 is 0 Å². The third-order valence-corrected chi connectivity index (χ3v) is 2.32. The molecular formula is C11H21N3O. The fraction of sp³-hybridized carbons (Fsp3) is 0.727. The first-order valence-corrected chi connectivity index (χ1v) is 5.57. The van der Waals surface area contributed by atoms with Crippen LogP contribution in [0, 0.1) is 0 Å². The van der Waals surface area contributed by atoms with Crippen LogP contribution in [0.5, 0.6) is 0 Å². The van der Waals surface area contributed by atoms with Gasteiger partial charge in [0, 0.05) is 38.6 Å². The third kappa shape index (κ3) is 4.44. The molecule has 15 heavy (non-hydrogen) atoms. The van der Waals surface area contributed by atoms with Crippen molar-refractivity contribution in [1.29, 1.82) is 0 Å². The van der Waals surface area contributed by atoms with E-state index in [4.69, 9.17) is 4.74 Å². The number of rotatable bonds is 8. The number of ether oxygens (including phenoxy) is 1. The fourth-order valence-electron chi connectivity index (χ4n) is 1.51. The highest BCUT2D eigenvalue weighted by molar-refractivity contribution is 4.98. The Labute approximate surface area is 91.7 Å². The summed E-state index contributed by atoms with van der Waals surface area (Å²) in [7, 11) is 1.72. The number of hydrogen-bond acceptors (Lipinski definition) is 3. The molecule has 0 saturated carbocycles. The van der Waals surface area contributed by atoms with E-state index in [-0.39, 0.29) is 0 Å². The molecule has 0 aromatic carbocycles. The number of nitrogens with one attached hydrogen (secondary N) is 1. The Hall–Kier alpha value is -0.870. The van der Waals surface area contributed by atoms with Crippen molar-refractivity contribution in [2.75, 3.05) is 26.8 Å². The summed E-state index contributed by atoms with van der Waals surface area (Å²) < 4.78 is 7.17. The Kier molecular flexibility index (Phi) is 6.04. The second-order valence-corrected chi connectivity index (χ2v) is 3.57. The van der Waals surface area contributed by atoms with Gasteiger partial charge in [0.15, 0.2) is 0 Å². The maximum absolute atomic E-state index is 4.96. The molecule has 0 aliphatic heterocycles. The van der Waals surface area contributed by atoms with Gasteiger partial charge in [-0.05, 0) is 6.42 Å². The van der Waals surface area contributed by atoms with Crippen molar-refractivity contribution < 1.29 is 4.74 Å². The molecule has 86 valence electrons. The van der Waals surface area contributed by atoms with Crippen LogP contribution in [0.4, 0.5) is 0 Å². The van der Waals surface area contributed by atoms with Gasteiger partial charge in [-0.15, -0.1) is 0 Å². The Morgan fingerprint density at radius 1 is 1.47 bits per heavy atom. The van der Waals surface area contributed by atoms with Crippen molar-refractivity contribution in [2.24, 2.45) is 0 Å². The lowest BCUT2D eigenvalue weighted by molar-refractivity contribution is 0.199. The van der Waals surface area contributed by atoms with Gasteiger partial charge in [0.1, 0.15) is 0 Å². The van der Waals surface area contributed by atoms with Gasteiger partial charge in [0.25, 0.3) is 0 Å². The predicted molar refractivity (Wildman–Crippen MR) is 61.0 cm³/mol. The third-order valence-electron chi connectivity index (χ3n) is 2.32. The molecule has 1 N–H and O–H groups in total. The summed E-state index contributed by atoms with van der Waals surface area (Å²) >= 11 is 0. The zero-order valence-corrected chi connectivity index (χ0v) is 9.70. The van der Waals surface area contributed by atoms with E-state index in [1.807, 2.05) is 12.5 Å². The topological polar surface area (TPSA) is 39.1 Å². The van der Waals surface area contributed by atoms with Gasteiger partial charge in [-0.3, -0.25) is 0 Å². The summed E-state index contributed by atoms with van der Waals surface area (Å²) in [5, 5.41) is 3.32. The van der Waals surface area contributed by atoms with Gasteiger partial charge in [0.05, 0.1) is 12.9 Å². The molecule has 0 spiro atoms. The maximum atomic E-state index is 4.96. The maximum Gasteiger partial charge on any atom is 0.0948 e. The van der Waals surface area contributed by atoms with Crippen molar-refractivity contribution in [3.8, 4) is 0 Å². The van der Waals surface area contributed by atoms with Crippen LogP contribution in [-0.4, -0.2) is 36.4 Å².